The normalized spacial score (nSPS) is 11.6. The minimum atomic E-state index is -0.573. The fraction of sp³-hybridized carbons (Fsp3) is 0.222. The van der Waals surface area contributed by atoms with Crippen molar-refractivity contribution in [3.05, 3.63) is 66.0 Å². The number of para-hydroxylation sites is 1. The summed E-state index contributed by atoms with van der Waals surface area (Å²) in [6, 6.07) is 15.4. The van der Waals surface area contributed by atoms with E-state index in [0.717, 1.165) is 5.56 Å². The van der Waals surface area contributed by atoms with Gasteiger partial charge in [-0.2, -0.15) is 0 Å². The molecule has 23 heavy (non-hydrogen) atoms. The van der Waals surface area contributed by atoms with E-state index in [-0.39, 0.29) is 18.0 Å². The zero-order valence-electron chi connectivity index (χ0n) is 12.8. The molecular formula is C18H18FNO3. The van der Waals surface area contributed by atoms with E-state index < -0.39 is 24.3 Å². The molecule has 2 rings (SSSR count). The topological polar surface area (TPSA) is 55.4 Å². The molecule has 4 nitrogen and oxygen atoms in total. The van der Waals surface area contributed by atoms with Crippen LogP contribution in [0.4, 0.5) is 10.1 Å². The lowest BCUT2D eigenvalue weighted by Gasteiger charge is -2.11. The zero-order chi connectivity index (χ0) is 16.7. The van der Waals surface area contributed by atoms with Gasteiger partial charge in [0.05, 0.1) is 12.1 Å². The van der Waals surface area contributed by atoms with Gasteiger partial charge in [0.25, 0.3) is 5.91 Å². The summed E-state index contributed by atoms with van der Waals surface area (Å²) in [6.07, 6.45) is 0.178. The van der Waals surface area contributed by atoms with Gasteiger partial charge in [0.1, 0.15) is 5.82 Å². The van der Waals surface area contributed by atoms with Gasteiger partial charge in [0, 0.05) is 0 Å². The second-order valence-corrected chi connectivity index (χ2v) is 5.20. The van der Waals surface area contributed by atoms with Crippen LogP contribution in [0, 0.1) is 5.82 Å². The Balaban J connectivity index is 1.78. The molecule has 0 saturated carbocycles. The molecule has 5 heteroatoms. The predicted octanol–water partition coefficient (Wildman–Crippen LogP) is 3.50. The first kappa shape index (κ1) is 16.7. The molecule has 0 aromatic heterocycles. The summed E-state index contributed by atoms with van der Waals surface area (Å²) in [7, 11) is 0. The molecule has 0 bridgehead atoms. The van der Waals surface area contributed by atoms with E-state index in [1.165, 1.54) is 18.2 Å². The summed E-state index contributed by atoms with van der Waals surface area (Å²) in [5.41, 5.74) is 1.09. The fourth-order valence-electron chi connectivity index (χ4n) is 2.10. The summed E-state index contributed by atoms with van der Waals surface area (Å²) < 4.78 is 18.3. The highest BCUT2D eigenvalue weighted by Gasteiger charge is 2.14. The lowest BCUT2D eigenvalue weighted by atomic mass is 9.98. The number of carbonyl (C=O) groups excluding carboxylic acids is 2. The second kappa shape index (κ2) is 8.08. The Morgan fingerprint density at radius 1 is 1.09 bits per heavy atom. The van der Waals surface area contributed by atoms with Crippen LogP contribution >= 0.6 is 0 Å². The van der Waals surface area contributed by atoms with Gasteiger partial charge in [-0.25, -0.2) is 4.39 Å². The lowest BCUT2D eigenvalue weighted by Crippen LogP contribution is -2.22. The molecule has 0 aliphatic rings. The van der Waals surface area contributed by atoms with Crippen molar-refractivity contribution in [1.82, 2.24) is 0 Å². The van der Waals surface area contributed by atoms with Crippen LogP contribution in [0.15, 0.2) is 54.6 Å². The monoisotopic (exact) mass is 315 g/mol. The van der Waals surface area contributed by atoms with Crippen molar-refractivity contribution in [2.45, 2.75) is 19.3 Å². The molecule has 0 saturated heterocycles. The molecule has 2 aromatic rings. The second-order valence-electron chi connectivity index (χ2n) is 5.20. The number of ether oxygens (including phenoxy) is 1. The van der Waals surface area contributed by atoms with Crippen LogP contribution < -0.4 is 5.32 Å². The van der Waals surface area contributed by atoms with Crippen molar-refractivity contribution in [2.75, 3.05) is 11.9 Å². The molecule has 0 aliphatic carbocycles. The van der Waals surface area contributed by atoms with Gasteiger partial charge in [0.15, 0.2) is 6.61 Å². The number of rotatable bonds is 6. The van der Waals surface area contributed by atoms with Gasteiger partial charge in [-0.15, -0.1) is 0 Å². The van der Waals surface area contributed by atoms with Gasteiger partial charge in [-0.3, -0.25) is 9.59 Å². The van der Waals surface area contributed by atoms with Crippen LogP contribution in [-0.4, -0.2) is 18.5 Å². The van der Waals surface area contributed by atoms with Crippen molar-refractivity contribution in [1.29, 1.82) is 0 Å². The molecule has 0 heterocycles. The largest absolute Gasteiger partial charge is 0.456 e. The number of halogens is 1. The van der Waals surface area contributed by atoms with E-state index in [1.54, 1.807) is 6.07 Å². The van der Waals surface area contributed by atoms with Crippen LogP contribution in [0.25, 0.3) is 0 Å². The Morgan fingerprint density at radius 2 is 1.74 bits per heavy atom. The van der Waals surface area contributed by atoms with Crippen molar-refractivity contribution in [3.8, 4) is 0 Å². The van der Waals surface area contributed by atoms with Crippen molar-refractivity contribution in [3.63, 3.8) is 0 Å². The van der Waals surface area contributed by atoms with Crippen LogP contribution in [0.3, 0.4) is 0 Å². The van der Waals surface area contributed by atoms with E-state index in [1.807, 2.05) is 37.3 Å². The highest BCUT2D eigenvalue weighted by molar-refractivity contribution is 5.92. The van der Waals surface area contributed by atoms with Crippen LogP contribution in [0.2, 0.25) is 0 Å². The van der Waals surface area contributed by atoms with Gasteiger partial charge < -0.3 is 10.1 Å². The number of benzene rings is 2. The number of hydrogen-bond donors (Lipinski definition) is 1. The Kier molecular flexibility index (Phi) is 5.86. The molecule has 1 atom stereocenters. The Labute approximate surface area is 134 Å². The first-order valence-electron chi connectivity index (χ1n) is 7.31. The third kappa shape index (κ3) is 5.21. The number of hydrogen-bond acceptors (Lipinski definition) is 3. The maximum atomic E-state index is 13.4. The maximum Gasteiger partial charge on any atom is 0.306 e. The van der Waals surface area contributed by atoms with Gasteiger partial charge in [-0.1, -0.05) is 49.4 Å². The molecule has 1 N–H and O–H groups in total. The Bertz CT molecular complexity index is 673. The Morgan fingerprint density at radius 3 is 2.43 bits per heavy atom. The number of carbonyl (C=O) groups is 2. The molecule has 2 aromatic carbocycles. The van der Waals surface area contributed by atoms with Crippen molar-refractivity contribution >= 4 is 17.6 Å². The minimum Gasteiger partial charge on any atom is -0.456 e. The SMILES string of the molecule is C[C@@H](CC(=O)OCC(=O)Nc1ccccc1F)c1ccccc1. The number of anilines is 1. The molecule has 0 fully saturated rings. The van der Waals surface area contributed by atoms with Gasteiger partial charge in [0.2, 0.25) is 0 Å². The smallest absolute Gasteiger partial charge is 0.306 e. The number of nitrogens with one attached hydrogen (secondary N) is 1. The van der Waals surface area contributed by atoms with E-state index in [9.17, 15) is 14.0 Å². The molecule has 0 spiro atoms. The van der Waals surface area contributed by atoms with E-state index in [0.29, 0.717) is 0 Å². The summed E-state index contributed by atoms with van der Waals surface area (Å²) in [5.74, 6) is -1.58. The summed E-state index contributed by atoms with van der Waals surface area (Å²) in [6.45, 7) is 1.48. The summed E-state index contributed by atoms with van der Waals surface area (Å²) in [5, 5.41) is 2.36. The highest BCUT2D eigenvalue weighted by atomic mass is 19.1. The van der Waals surface area contributed by atoms with Gasteiger partial charge in [-0.05, 0) is 23.6 Å². The first-order chi connectivity index (χ1) is 11.1. The molecule has 0 unspecified atom stereocenters. The number of esters is 1. The first-order valence-corrected chi connectivity index (χ1v) is 7.31. The van der Waals surface area contributed by atoms with E-state index in [2.05, 4.69) is 5.32 Å². The summed E-state index contributed by atoms with van der Waals surface area (Å²) in [4.78, 5) is 23.4. The standard InChI is InChI=1S/C18H18FNO3/c1-13(14-7-3-2-4-8-14)11-18(22)23-12-17(21)20-16-10-6-5-9-15(16)19/h2-10,13H,11-12H2,1H3,(H,20,21)/t13-/m0/s1. The van der Waals surface area contributed by atoms with Crippen LogP contribution in [-0.2, 0) is 14.3 Å². The van der Waals surface area contributed by atoms with E-state index >= 15 is 0 Å². The van der Waals surface area contributed by atoms with Crippen molar-refractivity contribution < 1.29 is 18.7 Å². The minimum absolute atomic E-state index is 0.00155. The summed E-state index contributed by atoms with van der Waals surface area (Å²) >= 11 is 0. The van der Waals surface area contributed by atoms with Crippen molar-refractivity contribution in [2.24, 2.45) is 0 Å². The van der Waals surface area contributed by atoms with Gasteiger partial charge >= 0.3 is 5.97 Å². The average Bonchev–Trinajstić information content (AvgIpc) is 2.56. The highest BCUT2D eigenvalue weighted by Crippen LogP contribution is 2.19. The maximum absolute atomic E-state index is 13.4. The third-order valence-corrected chi connectivity index (χ3v) is 3.35. The van der Waals surface area contributed by atoms with E-state index in [4.69, 9.17) is 4.74 Å². The number of amides is 1. The molecular weight excluding hydrogens is 297 g/mol. The Hall–Kier alpha value is -2.69. The predicted molar refractivity (Wildman–Crippen MR) is 85.5 cm³/mol. The quantitative estimate of drug-likeness (QED) is 0.830. The zero-order valence-corrected chi connectivity index (χ0v) is 12.8. The van der Waals surface area contributed by atoms with Crippen LogP contribution in [0.5, 0.6) is 0 Å². The van der Waals surface area contributed by atoms with Crippen LogP contribution in [0.1, 0.15) is 24.8 Å². The fourth-order valence-corrected chi connectivity index (χ4v) is 2.10. The average molecular weight is 315 g/mol. The molecule has 120 valence electrons. The third-order valence-electron chi connectivity index (χ3n) is 3.35. The molecule has 0 radical (unpaired) electrons. The lowest BCUT2D eigenvalue weighted by molar-refractivity contribution is -0.147. The molecule has 0 aliphatic heterocycles. The molecule has 1 amide bonds.